The van der Waals surface area contributed by atoms with Crippen LogP contribution in [0, 0.1) is 11.8 Å². The van der Waals surface area contributed by atoms with Crippen molar-refractivity contribution in [1.82, 2.24) is 5.32 Å². The van der Waals surface area contributed by atoms with Gasteiger partial charge in [0, 0.05) is 0 Å². The van der Waals surface area contributed by atoms with Crippen molar-refractivity contribution < 1.29 is 14.3 Å². The summed E-state index contributed by atoms with van der Waals surface area (Å²) in [6.07, 6.45) is 4.78. The molecule has 0 aromatic heterocycles. The zero-order chi connectivity index (χ0) is 15.0. The molecule has 118 valence electrons. The van der Waals surface area contributed by atoms with Crippen LogP contribution in [0.2, 0.25) is 0 Å². The van der Waals surface area contributed by atoms with E-state index in [2.05, 4.69) is 26.1 Å². The van der Waals surface area contributed by atoms with Gasteiger partial charge in [-0.2, -0.15) is 0 Å². The third kappa shape index (κ3) is 6.23. The molecule has 1 rings (SSSR count). The number of hydrogen-bond acceptors (Lipinski definition) is 4. The largest absolute Gasteiger partial charge is 0.465 e. The fourth-order valence-electron chi connectivity index (χ4n) is 3.01. The van der Waals surface area contributed by atoms with Crippen molar-refractivity contribution in [2.24, 2.45) is 11.8 Å². The molecule has 3 unspecified atom stereocenters. The van der Waals surface area contributed by atoms with Crippen LogP contribution in [-0.4, -0.2) is 37.9 Å². The van der Waals surface area contributed by atoms with E-state index in [1.54, 1.807) is 0 Å². The van der Waals surface area contributed by atoms with Gasteiger partial charge < -0.3 is 14.8 Å². The lowest BCUT2D eigenvalue weighted by Gasteiger charge is -2.32. The maximum absolute atomic E-state index is 11.9. The molecule has 0 bridgehead atoms. The summed E-state index contributed by atoms with van der Waals surface area (Å²) in [7, 11) is 0. The van der Waals surface area contributed by atoms with Crippen molar-refractivity contribution in [3.05, 3.63) is 0 Å². The molecule has 4 heteroatoms. The van der Waals surface area contributed by atoms with E-state index < -0.39 is 0 Å². The molecule has 0 saturated heterocycles. The van der Waals surface area contributed by atoms with Gasteiger partial charge in [-0.05, 0) is 51.0 Å². The van der Waals surface area contributed by atoms with Gasteiger partial charge in [-0.1, -0.05) is 20.8 Å². The first kappa shape index (κ1) is 17.4. The predicted octanol–water partition coefficient (Wildman–Crippen LogP) is 2.76. The first-order valence-electron chi connectivity index (χ1n) is 8.08. The minimum Gasteiger partial charge on any atom is -0.465 e. The number of carbonyl (C=O) groups is 1. The third-order valence-corrected chi connectivity index (χ3v) is 3.85. The van der Waals surface area contributed by atoms with Crippen molar-refractivity contribution in [3.8, 4) is 0 Å². The highest BCUT2D eigenvalue weighted by molar-refractivity contribution is 5.75. The van der Waals surface area contributed by atoms with Crippen LogP contribution in [0.1, 0.15) is 53.4 Å². The Bertz CT molecular complexity index is 273. The van der Waals surface area contributed by atoms with E-state index in [0.717, 1.165) is 25.8 Å². The standard InChI is InChI=1S/C16H31NO3/c1-5-7-17-15(16(18)19-6-2)11-20-14-9-12(3)8-13(4)10-14/h12-15,17H,5-11H2,1-4H3. The van der Waals surface area contributed by atoms with Gasteiger partial charge in [0.05, 0.1) is 19.3 Å². The zero-order valence-corrected chi connectivity index (χ0v) is 13.5. The zero-order valence-electron chi connectivity index (χ0n) is 13.5. The minimum absolute atomic E-state index is 0.196. The van der Waals surface area contributed by atoms with E-state index in [1.165, 1.54) is 6.42 Å². The molecular weight excluding hydrogens is 254 g/mol. The van der Waals surface area contributed by atoms with Crippen molar-refractivity contribution in [1.29, 1.82) is 0 Å². The lowest BCUT2D eigenvalue weighted by Crippen LogP contribution is -2.43. The van der Waals surface area contributed by atoms with Gasteiger partial charge in [0.25, 0.3) is 0 Å². The maximum atomic E-state index is 11.9. The van der Waals surface area contributed by atoms with E-state index >= 15 is 0 Å². The molecule has 0 aromatic carbocycles. The molecule has 0 heterocycles. The molecule has 1 saturated carbocycles. The topological polar surface area (TPSA) is 47.6 Å². The van der Waals surface area contributed by atoms with E-state index in [-0.39, 0.29) is 18.1 Å². The Labute approximate surface area is 123 Å². The second-order valence-electron chi connectivity index (χ2n) is 6.13. The molecule has 0 aromatic rings. The summed E-state index contributed by atoms with van der Waals surface area (Å²) in [5.41, 5.74) is 0. The van der Waals surface area contributed by atoms with E-state index in [9.17, 15) is 4.79 Å². The summed E-state index contributed by atoms with van der Waals surface area (Å²) >= 11 is 0. The summed E-state index contributed by atoms with van der Waals surface area (Å²) in [6, 6.07) is -0.331. The normalized spacial score (nSPS) is 28.1. The second-order valence-corrected chi connectivity index (χ2v) is 6.13. The molecule has 1 aliphatic rings. The Morgan fingerprint density at radius 3 is 2.40 bits per heavy atom. The second kappa shape index (κ2) is 9.35. The Hall–Kier alpha value is -0.610. The Morgan fingerprint density at radius 1 is 1.20 bits per heavy atom. The molecular formula is C16H31NO3. The van der Waals surface area contributed by atoms with Crippen molar-refractivity contribution >= 4 is 5.97 Å². The van der Waals surface area contributed by atoms with Crippen molar-refractivity contribution in [2.45, 2.75) is 65.5 Å². The van der Waals surface area contributed by atoms with E-state index in [1.807, 2.05) is 6.92 Å². The van der Waals surface area contributed by atoms with Crippen LogP contribution in [0.15, 0.2) is 0 Å². The van der Waals surface area contributed by atoms with Crippen LogP contribution < -0.4 is 5.32 Å². The molecule has 4 nitrogen and oxygen atoms in total. The molecule has 20 heavy (non-hydrogen) atoms. The van der Waals surface area contributed by atoms with Gasteiger partial charge in [-0.15, -0.1) is 0 Å². The minimum atomic E-state index is -0.331. The van der Waals surface area contributed by atoms with Crippen molar-refractivity contribution in [2.75, 3.05) is 19.8 Å². The predicted molar refractivity (Wildman–Crippen MR) is 80.6 cm³/mol. The number of rotatable bonds is 8. The molecule has 1 fully saturated rings. The van der Waals surface area contributed by atoms with Crippen LogP contribution in [0.25, 0.3) is 0 Å². The van der Waals surface area contributed by atoms with Crippen LogP contribution in [0.4, 0.5) is 0 Å². The Kier molecular flexibility index (Phi) is 8.15. The van der Waals surface area contributed by atoms with Gasteiger partial charge in [-0.25, -0.2) is 0 Å². The molecule has 1 aliphatic carbocycles. The number of carbonyl (C=O) groups excluding carboxylic acids is 1. The van der Waals surface area contributed by atoms with Gasteiger partial charge in [-0.3, -0.25) is 4.79 Å². The first-order valence-corrected chi connectivity index (χ1v) is 8.08. The fraction of sp³-hybridized carbons (Fsp3) is 0.938. The first-order chi connectivity index (χ1) is 9.56. The quantitative estimate of drug-likeness (QED) is 0.697. The molecule has 0 amide bonds. The SMILES string of the molecule is CCCNC(COC1CC(C)CC(C)C1)C(=O)OCC. The number of esters is 1. The average Bonchev–Trinajstić information content (AvgIpc) is 2.38. The third-order valence-electron chi connectivity index (χ3n) is 3.85. The summed E-state index contributed by atoms with van der Waals surface area (Å²) in [6.45, 7) is 10.1. The summed E-state index contributed by atoms with van der Waals surface area (Å²) < 4.78 is 11.1. The van der Waals surface area contributed by atoms with Crippen LogP contribution in [-0.2, 0) is 14.3 Å². The molecule has 0 spiro atoms. The number of ether oxygens (including phenoxy) is 2. The summed E-state index contributed by atoms with van der Waals surface area (Å²) in [5, 5.41) is 3.22. The van der Waals surface area contributed by atoms with Gasteiger partial charge in [0.15, 0.2) is 0 Å². The highest BCUT2D eigenvalue weighted by atomic mass is 16.5. The highest BCUT2D eigenvalue weighted by Gasteiger charge is 2.27. The summed E-state index contributed by atoms with van der Waals surface area (Å²) in [4.78, 5) is 11.9. The van der Waals surface area contributed by atoms with Gasteiger partial charge in [0.2, 0.25) is 0 Å². The smallest absolute Gasteiger partial charge is 0.325 e. The van der Waals surface area contributed by atoms with E-state index in [4.69, 9.17) is 9.47 Å². The number of hydrogen-bond donors (Lipinski definition) is 1. The van der Waals surface area contributed by atoms with Gasteiger partial charge >= 0.3 is 5.97 Å². The molecule has 3 atom stereocenters. The fourth-order valence-corrected chi connectivity index (χ4v) is 3.01. The molecule has 1 N–H and O–H groups in total. The average molecular weight is 285 g/mol. The van der Waals surface area contributed by atoms with Crippen LogP contribution in [0.5, 0.6) is 0 Å². The molecule has 0 aliphatic heterocycles. The van der Waals surface area contributed by atoms with Crippen LogP contribution in [0.3, 0.4) is 0 Å². The van der Waals surface area contributed by atoms with Gasteiger partial charge in [0.1, 0.15) is 6.04 Å². The Balaban J connectivity index is 2.41. The van der Waals surface area contributed by atoms with E-state index in [0.29, 0.717) is 25.0 Å². The maximum Gasteiger partial charge on any atom is 0.325 e. The lowest BCUT2D eigenvalue weighted by molar-refractivity contribution is -0.148. The van der Waals surface area contributed by atoms with Crippen molar-refractivity contribution in [3.63, 3.8) is 0 Å². The monoisotopic (exact) mass is 285 g/mol. The highest BCUT2D eigenvalue weighted by Crippen LogP contribution is 2.30. The summed E-state index contributed by atoms with van der Waals surface area (Å²) in [5.74, 6) is 1.24. The van der Waals surface area contributed by atoms with Crippen LogP contribution >= 0.6 is 0 Å². The lowest BCUT2D eigenvalue weighted by atomic mass is 9.82. The molecule has 0 radical (unpaired) electrons. The number of nitrogens with one attached hydrogen (secondary N) is 1. The Morgan fingerprint density at radius 2 is 1.85 bits per heavy atom.